The van der Waals surface area contributed by atoms with Gasteiger partial charge in [0.25, 0.3) is 5.56 Å². The molecule has 8 nitrogen and oxygen atoms in total. The van der Waals surface area contributed by atoms with Crippen molar-refractivity contribution in [2.24, 2.45) is 4.99 Å². The van der Waals surface area contributed by atoms with E-state index in [1.54, 1.807) is 63.2 Å². The second-order valence-corrected chi connectivity index (χ2v) is 10.0. The fourth-order valence-corrected chi connectivity index (χ4v) is 5.42. The Morgan fingerprint density at radius 1 is 1.08 bits per heavy atom. The Kier molecular flexibility index (Phi) is 8.40. The lowest BCUT2D eigenvalue weighted by Crippen LogP contribution is -2.40. The summed E-state index contributed by atoms with van der Waals surface area (Å²) >= 11 is 13.4. The van der Waals surface area contributed by atoms with Gasteiger partial charge in [0.05, 0.1) is 45.1 Å². The molecule has 2 aromatic carbocycles. The highest BCUT2D eigenvalue weighted by molar-refractivity contribution is 7.07. The SMILES string of the molecule is CCOC(=O)C1=C(C)N=c2s/c(=C/c3ccc(Cl)c(Cl)c3)c(=O)n2C1c1ccc(OC(C)=O)c(OCC)c1. The Morgan fingerprint density at radius 3 is 2.50 bits per heavy atom. The number of aromatic nitrogens is 1. The molecule has 2 heterocycles. The molecule has 38 heavy (non-hydrogen) atoms. The van der Waals surface area contributed by atoms with Crippen molar-refractivity contribution in [3.63, 3.8) is 0 Å². The highest BCUT2D eigenvalue weighted by atomic mass is 35.5. The minimum atomic E-state index is -0.855. The first-order chi connectivity index (χ1) is 18.1. The predicted octanol–water partition coefficient (Wildman–Crippen LogP) is 4.43. The molecule has 0 aliphatic carbocycles. The molecule has 0 fully saturated rings. The highest BCUT2D eigenvalue weighted by Gasteiger charge is 2.34. The van der Waals surface area contributed by atoms with Crippen molar-refractivity contribution in [1.29, 1.82) is 0 Å². The summed E-state index contributed by atoms with van der Waals surface area (Å²) in [6, 6.07) is 9.12. The Morgan fingerprint density at radius 2 is 1.84 bits per heavy atom. The maximum atomic E-state index is 13.8. The number of ether oxygens (including phenoxy) is 3. The second-order valence-electron chi connectivity index (χ2n) is 8.21. The number of carbonyl (C=O) groups is 2. The molecule has 0 saturated heterocycles. The van der Waals surface area contributed by atoms with Gasteiger partial charge in [-0.25, -0.2) is 9.79 Å². The third kappa shape index (κ3) is 5.55. The molecule has 0 amide bonds. The number of halogens is 2. The minimum Gasteiger partial charge on any atom is -0.490 e. The van der Waals surface area contributed by atoms with Gasteiger partial charge in [0.2, 0.25) is 0 Å². The number of benzene rings is 2. The fraction of sp³-hybridized carbons (Fsp3) is 0.259. The number of allylic oxidation sites excluding steroid dienone is 1. The van der Waals surface area contributed by atoms with Gasteiger partial charge in [0, 0.05) is 6.92 Å². The summed E-state index contributed by atoms with van der Waals surface area (Å²) in [6.07, 6.45) is 1.70. The van der Waals surface area contributed by atoms with Crippen LogP contribution in [0.4, 0.5) is 0 Å². The van der Waals surface area contributed by atoms with Crippen LogP contribution in [0, 0.1) is 0 Å². The number of carbonyl (C=O) groups excluding carboxylic acids is 2. The van der Waals surface area contributed by atoms with Crippen molar-refractivity contribution in [3.05, 3.63) is 88.5 Å². The third-order valence-corrected chi connectivity index (χ3v) is 7.32. The van der Waals surface area contributed by atoms with E-state index in [1.165, 1.54) is 22.8 Å². The molecule has 3 aromatic rings. The van der Waals surface area contributed by atoms with Gasteiger partial charge in [-0.15, -0.1) is 0 Å². The standard InChI is InChI=1S/C27H24Cl2N2O6S/c1-5-35-21-13-17(8-10-20(21)37-15(4)32)24-23(26(34)36-6-2)14(3)30-27-31(24)25(33)22(38-27)12-16-7-9-18(28)19(29)11-16/h7-13,24H,5-6H2,1-4H3/b22-12+. The van der Waals surface area contributed by atoms with Crippen LogP contribution in [0.3, 0.4) is 0 Å². The van der Waals surface area contributed by atoms with E-state index in [1.807, 2.05) is 0 Å². The molecular weight excluding hydrogens is 551 g/mol. The summed E-state index contributed by atoms with van der Waals surface area (Å²) in [4.78, 5) is 43.4. The summed E-state index contributed by atoms with van der Waals surface area (Å²) < 4.78 is 18.2. The van der Waals surface area contributed by atoms with E-state index in [2.05, 4.69) is 4.99 Å². The lowest BCUT2D eigenvalue weighted by Gasteiger charge is -2.25. The van der Waals surface area contributed by atoms with Gasteiger partial charge in [-0.05, 0) is 62.2 Å². The fourth-order valence-electron chi connectivity index (χ4n) is 4.06. The van der Waals surface area contributed by atoms with Gasteiger partial charge in [0.1, 0.15) is 0 Å². The Bertz CT molecular complexity index is 1640. The molecule has 1 atom stereocenters. The van der Waals surface area contributed by atoms with Crippen LogP contribution in [0.5, 0.6) is 11.5 Å². The summed E-state index contributed by atoms with van der Waals surface area (Å²) in [5, 5.41) is 0.769. The van der Waals surface area contributed by atoms with Crippen LogP contribution in [-0.4, -0.2) is 29.7 Å². The molecular formula is C27H24Cl2N2O6S. The zero-order valence-corrected chi connectivity index (χ0v) is 23.4. The number of fused-ring (bicyclic) bond motifs is 1. The minimum absolute atomic E-state index is 0.152. The normalized spacial score (nSPS) is 15.1. The Balaban J connectivity index is 1.95. The van der Waals surface area contributed by atoms with Gasteiger partial charge in [-0.1, -0.05) is 46.7 Å². The highest BCUT2D eigenvalue weighted by Crippen LogP contribution is 2.36. The van der Waals surface area contributed by atoms with Crippen LogP contribution in [0.25, 0.3) is 6.08 Å². The van der Waals surface area contributed by atoms with Crippen molar-refractivity contribution in [1.82, 2.24) is 4.57 Å². The molecule has 198 valence electrons. The molecule has 11 heteroatoms. The van der Waals surface area contributed by atoms with E-state index < -0.39 is 18.0 Å². The van der Waals surface area contributed by atoms with Gasteiger partial charge in [-0.3, -0.25) is 14.2 Å². The topological polar surface area (TPSA) is 96.2 Å². The molecule has 0 radical (unpaired) electrons. The van der Waals surface area contributed by atoms with E-state index in [-0.39, 0.29) is 23.5 Å². The third-order valence-electron chi connectivity index (χ3n) is 5.60. The number of thiazole rings is 1. The van der Waals surface area contributed by atoms with Crippen molar-refractivity contribution >= 4 is 52.6 Å². The smallest absolute Gasteiger partial charge is 0.338 e. The summed E-state index contributed by atoms with van der Waals surface area (Å²) in [7, 11) is 0. The van der Waals surface area contributed by atoms with Crippen LogP contribution in [0.1, 0.15) is 44.9 Å². The largest absolute Gasteiger partial charge is 0.490 e. The molecule has 0 saturated carbocycles. The van der Waals surface area contributed by atoms with E-state index in [4.69, 9.17) is 37.4 Å². The first kappa shape index (κ1) is 27.6. The number of nitrogens with zero attached hydrogens (tertiary/aromatic N) is 2. The summed E-state index contributed by atoms with van der Waals surface area (Å²) in [5.74, 6) is -0.555. The van der Waals surface area contributed by atoms with Crippen molar-refractivity contribution < 1.29 is 23.8 Å². The molecule has 1 aliphatic heterocycles. The predicted molar refractivity (Wildman–Crippen MR) is 146 cm³/mol. The van der Waals surface area contributed by atoms with Crippen LogP contribution < -0.4 is 24.4 Å². The molecule has 0 bridgehead atoms. The summed E-state index contributed by atoms with van der Waals surface area (Å²) in [5.41, 5.74) is 1.55. The number of rotatable bonds is 7. The molecule has 0 N–H and O–H groups in total. The first-order valence-corrected chi connectivity index (χ1v) is 13.3. The monoisotopic (exact) mass is 574 g/mol. The molecule has 1 unspecified atom stereocenters. The first-order valence-electron chi connectivity index (χ1n) is 11.7. The van der Waals surface area contributed by atoms with Crippen molar-refractivity contribution in [2.45, 2.75) is 33.7 Å². The Hall–Kier alpha value is -3.40. The van der Waals surface area contributed by atoms with Crippen LogP contribution in [-0.2, 0) is 14.3 Å². The lowest BCUT2D eigenvalue weighted by atomic mass is 9.95. The molecule has 1 aliphatic rings. The van der Waals surface area contributed by atoms with Crippen LogP contribution >= 0.6 is 34.5 Å². The maximum Gasteiger partial charge on any atom is 0.338 e. The zero-order valence-electron chi connectivity index (χ0n) is 21.0. The number of hydrogen-bond donors (Lipinski definition) is 0. The number of esters is 2. The maximum absolute atomic E-state index is 13.8. The quantitative estimate of drug-likeness (QED) is 0.306. The van der Waals surface area contributed by atoms with Gasteiger partial charge in [0.15, 0.2) is 16.3 Å². The van der Waals surface area contributed by atoms with E-state index >= 15 is 0 Å². The van der Waals surface area contributed by atoms with Crippen molar-refractivity contribution in [2.75, 3.05) is 13.2 Å². The lowest BCUT2D eigenvalue weighted by molar-refractivity contribution is -0.139. The van der Waals surface area contributed by atoms with Crippen molar-refractivity contribution in [3.8, 4) is 11.5 Å². The van der Waals surface area contributed by atoms with E-state index in [0.29, 0.717) is 48.6 Å². The average Bonchev–Trinajstić information content (AvgIpc) is 3.16. The van der Waals surface area contributed by atoms with Crippen LogP contribution in [0.2, 0.25) is 10.0 Å². The molecule has 1 aromatic heterocycles. The van der Waals surface area contributed by atoms with Gasteiger partial charge < -0.3 is 14.2 Å². The average molecular weight is 575 g/mol. The zero-order chi connectivity index (χ0) is 27.6. The van der Waals surface area contributed by atoms with Gasteiger partial charge >= 0.3 is 11.9 Å². The second kappa shape index (κ2) is 11.6. The number of hydrogen-bond acceptors (Lipinski definition) is 8. The van der Waals surface area contributed by atoms with E-state index in [0.717, 1.165) is 0 Å². The molecule has 4 rings (SSSR count). The van der Waals surface area contributed by atoms with E-state index in [9.17, 15) is 14.4 Å². The summed E-state index contributed by atoms with van der Waals surface area (Å²) in [6.45, 7) is 6.95. The van der Waals surface area contributed by atoms with Gasteiger partial charge in [-0.2, -0.15) is 0 Å². The Labute approximate surface area is 232 Å². The van der Waals surface area contributed by atoms with Crippen LogP contribution in [0.15, 0.2) is 57.5 Å². The molecule has 0 spiro atoms.